The van der Waals surface area contributed by atoms with Crippen LogP contribution in [0.15, 0.2) is 35.1 Å². The van der Waals surface area contributed by atoms with Crippen molar-refractivity contribution >= 4 is 33.5 Å². The van der Waals surface area contributed by atoms with E-state index in [1.165, 1.54) is 10.9 Å². The molecule has 0 unspecified atom stereocenters. The molecule has 0 spiro atoms. The van der Waals surface area contributed by atoms with E-state index in [1.54, 1.807) is 24.3 Å². The Morgan fingerprint density at radius 1 is 1.50 bits per heavy atom. The molecule has 0 radical (unpaired) electrons. The Hall–Kier alpha value is -1.33. The van der Waals surface area contributed by atoms with Crippen LogP contribution in [-0.2, 0) is 0 Å². The van der Waals surface area contributed by atoms with E-state index in [9.17, 15) is 4.79 Å². The van der Waals surface area contributed by atoms with Crippen LogP contribution >= 0.6 is 27.5 Å². The van der Waals surface area contributed by atoms with Crippen LogP contribution in [0.3, 0.4) is 0 Å². The van der Waals surface area contributed by atoms with Crippen molar-refractivity contribution in [3.05, 3.63) is 45.7 Å². The predicted octanol–water partition coefficient (Wildman–Crippen LogP) is 2.99. The van der Waals surface area contributed by atoms with E-state index in [1.807, 2.05) is 0 Å². The van der Waals surface area contributed by atoms with Crippen LogP contribution < -0.4 is 0 Å². The molecule has 0 bridgehead atoms. The Kier molecular flexibility index (Phi) is 2.98. The number of hydrogen-bond acceptors (Lipinski definition) is 2. The van der Waals surface area contributed by atoms with Crippen LogP contribution in [0, 0.1) is 0 Å². The SMILES string of the molecule is O=C(O)c1cnn(-c2cccc(Cl)c2)c1Br. The zero-order chi connectivity index (χ0) is 11.7. The second-order valence-corrected chi connectivity index (χ2v) is 4.23. The van der Waals surface area contributed by atoms with Crippen molar-refractivity contribution in [2.45, 2.75) is 0 Å². The second-order valence-electron chi connectivity index (χ2n) is 3.05. The summed E-state index contributed by atoms with van der Waals surface area (Å²) in [7, 11) is 0. The number of aromatic nitrogens is 2. The van der Waals surface area contributed by atoms with Gasteiger partial charge in [0, 0.05) is 5.02 Å². The highest BCUT2D eigenvalue weighted by molar-refractivity contribution is 9.10. The number of benzene rings is 1. The average molecular weight is 302 g/mol. The van der Waals surface area contributed by atoms with Gasteiger partial charge < -0.3 is 5.11 Å². The lowest BCUT2D eigenvalue weighted by Gasteiger charge is -2.03. The lowest BCUT2D eigenvalue weighted by molar-refractivity contribution is 0.0696. The maximum Gasteiger partial charge on any atom is 0.340 e. The standard InChI is InChI=1S/C10H6BrClN2O2/c11-9-8(10(15)16)5-13-14(9)7-3-1-2-6(12)4-7/h1-5H,(H,15,16). The van der Waals surface area contributed by atoms with Crippen molar-refractivity contribution < 1.29 is 9.90 Å². The molecule has 1 aromatic heterocycles. The molecule has 16 heavy (non-hydrogen) atoms. The summed E-state index contributed by atoms with van der Waals surface area (Å²) < 4.78 is 1.86. The fourth-order valence-corrected chi connectivity index (χ4v) is 2.02. The fraction of sp³-hybridized carbons (Fsp3) is 0. The fourth-order valence-electron chi connectivity index (χ4n) is 1.26. The Balaban J connectivity index is 2.53. The minimum absolute atomic E-state index is 0.111. The highest BCUT2D eigenvalue weighted by Gasteiger charge is 2.15. The van der Waals surface area contributed by atoms with E-state index in [4.69, 9.17) is 16.7 Å². The Labute approximate surface area is 105 Å². The molecular formula is C10H6BrClN2O2. The van der Waals surface area contributed by atoms with Gasteiger partial charge in [-0.2, -0.15) is 5.10 Å². The number of hydrogen-bond donors (Lipinski definition) is 1. The zero-order valence-corrected chi connectivity index (χ0v) is 10.2. The third kappa shape index (κ3) is 1.96. The number of aromatic carboxylic acids is 1. The van der Waals surface area contributed by atoms with Crippen molar-refractivity contribution in [3.63, 3.8) is 0 Å². The first-order valence-corrected chi connectivity index (χ1v) is 5.49. The van der Waals surface area contributed by atoms with E-state index < -0.39 is 5.97 Å². The van der Waals surface area contributed by atoms with E-state index >= 15 is 0 Å². The number of rotatable bonds is 2. The molecule has 1 N–H and O–H groups in total. The summed E-state index contributed by atoms with van der Waals surface area (Å²) in [5, 5.41) is 13.4. The summed E-state index contributed by atoms with van der Waals surface area (Å²) in [6, 6.07) is 6.99. The first kappa shape index (κ1) is 11.2. The van der Waals surface area contributed by atoms with Gasteiger partial charge in [0.1, 0.15) is 10.2 Å². The van der Waals surface area contributed by atoms with Gasteiger partial charge in [0.15, 0.2) is 0 Å². The summed E-state index contributed by atoms with van der Waals surface area (Å²) in [5.74, 6) is -1.03. The number of carbonyl (C=O) groups is 1. The Morgan fingerprint density at radius 3 is 2.81 bits per heavy atom. The monoisotopic (exact) mass is 300 g/mol. The van der Waals surface area contributed by atoms with Crippen molar-refractivity contribution in [1.82, 2.24) is 9.78 Å². The van der Waals surface area contributed by atoms with Gasteiger partial charge in [-0.3, -0.25) is 0 Å². The summed E-state index contributed by atoms with van der Waals surface area (Å²) in [4.78, 5) is 10.8. The van der Waals surface area contributed by atoms with Gasteiger partial charge in [-0.05, 0) is 34.1 Å². The average Bonchev–Trinajstić information content (AvgIpc) is 2.60. The molecule has 6 heteroatoms. The molecule has 2 rings (SSSR count). The van der Waals surface area contributed by atoms with Gasteiger partial charge in [0.05, 0.1) is 11.9 Å². The number of carboxylic acids is 1. The molecule has 0 amide bonds. The van der Waals surface area contributed by atoms with Crippen molar-refractivity contribution in [1.29, 1.82) is 0 Å². The Bertz CT molecular complexity index is 554. The summed E-state index contributed by atoms with van der Waals surface area (Å²) in [5.41, 5.74) is 0.812. The third-order valence-electron chi connectivity index (χ3n) is 1.99. The summed E-state index contributed by atoms with van der Waals surface area (Å²) >= 11 is 9.03. The molecule has 0 saturated heterocycles. The van der Waals surface area contributed by atoms with Gasteiger partial charge >= 0.3 is 5.97 Å². The summed E-state index contributed by atoms with van der Waals surface area (Å²) in [6.45, 7) is 0. The van der Waals surface area contributed by atoms with Gasteiger partial charge in [-0.15, -0.1) is 0 Å². The van der Waals surface area contributed by atoms with Gasteiger partial charge in [0.25, 0.3) is 0 Å². The highest BCUT2D eigenvalue weighted by atomic mass is 79.9. The molecule has 0 aliphatic carbocycles. The normalized spacial score (nSPS) is 10.4. The molecule has 0 fully saturated rings. The van der Waals surface area contributed by atoms with Crippen molar-refractivity contribution in [2.24, 2.45) is 0 Å². The van der Waals surface area contributed by atoms with Gasteiger partial charge in [0.2, 0.25) is 0 Å². The number of halogens is 2. The third-order valence-corrected chi connectivity index (χ3v) is 2.99. The quantitative estimate of drug-likeness (QED) is 0.927. The molecule has 0 atom stereocenters. The molecule has 1 aromatic carbocycles. The maximum atomic E-state index is 10.8. The molecule has 2 aromatic rings. The molecule has 1 heterocycles. The van der Waals surface area contributed by atoms with Crippen molar-refractivity contribution in [2.75, 3.05) is 0 Å². The second kappa shape index (κ2) is 4.27. The first-order chi connectivity index (χ1) is 7.59. The minimum Gasteiger partial charge on any atom is -0.478 e. The topological polar surface area (TPSA) is 55.1 Å². The van der Waals surface area contributed by atoms with E-state index in [-0.39, 0.29) is 5.56 Å². The van der Waals surface area contributed by atoms with Gasteiger partial charge in [-0.1, -0.05) is 17.7 Å². The molecule has 0 saturated carbocycles. The zero-order valence-electron chi connectivity index (χ0n) is 7.89. The molecule has 4 nitrogen and oxygen atoms in total. The van der Waals surface area contributed by atoms with Crippen LogP contribution in [0.1, 0.15) is 10.4 Å². The van der Waals surface area contributed by atoms with Crippen LogP contribution in [0.5, 0.6) is 0 Å². The van der Waals surface area contributed by atoms with Crippen LogP contribution in [0.2, 0.25) is 5.02 Å². The van der Waals surface area contributed by atoms with E-state index in [0.717, 1.165) is 0 Å². The lowest BCUT2D eigenvalue weighted by Crippen LogP contribution is -1.99. The molecule has 0 aliphatic heterocycles. The first-order valence-electron chi connectivity index (χ1n) is 4.32. The highest BCUT2D eigenvalue weighted by Crippen LogP contribution is 2.22. The van der Waals surface area contributed by atoms with Crippen LogP contribution in [0.4, 0.5) is 0 Å². The molecule has 0 aliphatic rings. The van der Waals surface area contributed by atoms with Crippen LogP contribution in [-0.4, -0.2) is 20.9 Å². The van der Waals surface area contributed by atoms with Crippen molar-refractivity contribution in [3.8, 4) is 5.69 Å². The number of nitrogens with zero attached hydrogens (tertiary/aromatic N) is 2. The predicted molar refractivity (Wildman–Crippen MR) is 63.2 cm³/mol. The Morgan fingerprint density at radius 2 is 2.25 bits per heavy atom. The van der Waals surface area contributed by atoms with E-state index in [2.05, 4.69) is 21.0 Å². The largest absolute Gasteiger partial charge is 0.478 e. The molecular weight excluding hydrogens is 295 g/mol. The molecule has 82 valence electrons. The number of carboxylic acid groups (broad SMARTS) is 1. The lowest BCUT2D eigenvalue weighted by atomic mass is 10.3. The smallest absolute Gasteiger partial charge is 0.340 e. The van der Waals surface area contributed by atoms with Gasteiger partial charge in [-0.25, -0.2) is 9.48 Å². The van der Waals surface area contributed by atoms with Crippen LogP contribution in [0.25, 0.3) is 5.69 Å². The summed E-state index contributed by atoms with van der Waals surface area (Å²) in [6.07, 6.45) is 1.29. The minimum atomic E-state index is -1.03. The van der Waals surface area contributed by atoms with E-state index in [0.29, 0.717) is 15.3 Å². The maximum absolute atomic E-state index is 10.8.